The number of rotatable bonds is 10. The fraction of sp³-hybridized carbons (Fsp3) is 0.400. The molecule has 0 aromatic heterocycles. The molecule has 2 aromatic rings. The monoisotopic (exact) mass is 440 g/mol. The third kappa shape index (κ3) is 6.11. The summed E-state index contributed by atoms with van der Waals surface area (Å²) in [5, 5.41) is 0. The first-order chi connectivity index (χ1) is 13.0. The van der Waals surface area contributed by atoms with E-state index in [-0.39, 0.29) is 0 Å². The van der Waals surface area contributed by atoms with Crippen molar-refractivity contribution in [1.82, 2.24) is 0 Å². The molecule has 7 heteroatoms. The van der Waals surface area contributed by atoms with Crippen molar-refractivity contribution in [2.75, 3.05) is 34.5 Å². The van der Waals surface area contributed by atoms with Crippen LogP contribution in [0.15, 0.2) is 43.8 Å². The molecular weight excluding hydrogens is 413 g/mol. The molecule has 27 heavy (non-hydrogen) atoms. The topological polar surface area (TPSA) is 61.3 Å². The highest BCUT2D eigenvalue weighted by Gasteiger charge is 2.13. The number of hydrogen-bond acceptors (Lipinski definition) is 7. The van der Waals surface area contributed by atoms with E-state index in [2.05, 4.69) is 27.7 Å². The van der Waals surface area contributed by atoms with Crippen LogP contribution >= 0.6 is 47.0 Å². The minimum atomic E-state index is 0.820. The van der Waals surface area contributed by atoms with Gasteiger partial charge in [-0.3, -0.25) is 0 Å². The van der Waals surface area contributed by atoms with Crippen LogP contribution < -0.4 is 16.2 Å². The lowest BCUT2D eigenvalue weighted by molar-refractivity contribution is 0.477. The molecule has 0 aliphatic rings. The summed E-state index contributed by atoms with van der Waals surface area (Å²) in [4.78, 5) is 4.31. The first-order valence-corrected chi connectivity index (χ1v) is 13.0. The average Bonchev–Trinajstić information content (AvgIpc) is 2.63. The Morgan fingerprint density at radius 3 is 1.07 bits per heavy atom. The Labute approximate surface area is 180 Å². The van der Waals surface area contributed by atoms with E-state index in [0.717, 1.165) is 65.5 Å². The van der Waals surface area contributed by atoms with Gasteiger partial charge in [0, 0.05) is 19.6 Å². The second kappa shape index (κ2) is 11.3. The maximum Gasteiger partial charge on any atom is 0.129 e. The molecule has 0 spiro atoms. The lowest BCUT2D eigenvalue weighted by Gasteiger charge is -2.16. The van der Waals surface area contributed by atoms with E-state index in [0.29, 0.717) is 0 Å². The predicted octanol–water partition coefficient (Wildman–Crippen LogP) is 7.09. The Bertz CT molecular complexity index is 650. The Kier molecular flexibility index (Phi) is 9.42. The standard InChI is InChI=1S/C20H28N2OS4/c1-5-24-15-9-13(10-16(19(15)21)25-6-2)23-14-11-17(26-7-3)20(22)18(12-14)27-8-4/h9-12H,5-8,21-22H2,1-4H3. The molecule has 0 heterocycles. The van der Waals surface area contributed by atoms with Crippen molar-refractivity contribution in [3.63, 3.8) is 0 Å². The van der Waals surface area contributed by atoms with Crippen molar-refractivity contribution in [2.45, 2.75) is 47.3 Å². The van der Waals surface area contributed by atoms with Crippen LogP contribution in [0.4, 0.5) is 11.4 Å². The first-order valence-electron chi connectivity index (χ1n) is 9.09. The molecule has 4 N–H and O–H groups in total. The molecule has 0 aliphatic heterocycles. The predicted molar refractivity (Wildman–Crippen MR) is 127 cm³/mol. The summed E-state index contributed by atoms with van der Waals surface area (Å²) in [5.74, 6) is 5.53. The highest BCUT2D eigenvalue weighted by atomic mass is 32.2. The van der Waals surface area contributed by atoms with Crippen LogP contribution in [0.2, 0.25) is 0 Å². The molecule has 0 radical (unpaired) electrons. The van der Waals surface area contributed by atoms with E-state index in [1.54, 1.807) is 47.0 Å². The quantitative estimate of drug-likeness (QED) is 0.302. The van der Waals surface area contributed by atoms with Crippen LogP contribution in [-0.4, -0.2) is 23.0 Å². The molecule has 3 nitrogen and oxygen atoms in total. The maximum atomic E-state index is 6.34. The van der Waals surface area contributed by atoms with Crippen LogP contribution in [0.3, 0.4) is 0 Å². The van der Waals surface area contributed by atoms with Crippen LogP contribution in [0.1, 0.15) is 27.7 Å². The Morgan fingerprint density at radius 1 is 0.593 bits per heavy atom. The Morgan fingerprint density at radius 2 is 0.852 bits per heavy atom. The zero-order valence-electron chi connectivity index (χ0n) is 16.3. The van der Waals surface area contributed by atoms with Gasteiger partial charge in [-0.2, -0.15) is 0 Å². The number of anilines is 2. The van der Waals surface area contributed by atoms with Crippen molar-refractivity contribution < 1.29 is 4.74 Å². The first kappa shape index (κ1) is 22.5. The Balaban J connectivity index is 2.42. The van der Waals surface area contributed by atoms with Gasteiger partial charge in [-0.05, 0) is 47.3 Å². The zero-order valence-corrected chi connectivity index (χ0v) is 19.6. The van der Waals surface area contributed by atoms with Crippen LogP contribution in [-0.2, 0) is 0 Å². The molecule has 0 fully saturated rings. The second-order valence-electron chi connectivity index (χ2n) is 5.50. The van der Waals surface area contributed by atoms with E-state index < -0.39 is 0 Å². The highest BCUT2D eigenvalue weighted by Crippen LogP contribution is 2.42. The van der Waals surface area contributed by atoms with Gasteiger partial charge in [0.15, 0.2) is 0 Å². The molecule has 0 saturated carbocycles. The van der Waals surface area contributed by atoms with Gasteiger partial charge in [0.2, 0.25) is 0 Å². The van der Waals surface area contributed by atoms with E-state index >= 15 is 0 Å². The molecule has 0 saturated heterocycles. The van der Waals surface area contributed by atoms with Crippen molar-refractivity contribution >= 4 is 58.4 Å². The van der Waals surface area contributed by atoms with Crippen molar-refractivity contribution in [3.05, 3.63) is 24.3 Å². The molecule has 0 bridgehead atoms. The molecule has 148 valence electrons. The molecule has 0 atom stereocenters. The van der Waals surface area contributed by atoms with Crippen molar-refractivity contribution in [1.29, 1.82) is 0 Å². The molecule has 2 aromatic carbocycles. The Hall–Kier alpha value is -0.760. The van der Waals surface area contributed by atoms with Gasteiger partial charge >= 0.3 is 0 Å². The number of thioether (sulfide) groups is 4. The van der Waals surface area contributed by atoms with E-state index in [1.165, 1.54) is 0 Å². The average molecular weight is 441 g/mol. The normalized spacial score (nSPS) is 11.0. The van der Waals surface area contributed by atoms with Gasteiger partial charge < -0.3 is 16.2 Å². The number of hydrogen-bond donors (Lipinski definition) is 2. The summed E-state index contributed by atoms with van der Waals surface area (Å²) < 4.78 is 6.27. The highest BCUT2D eigenvalue weighted by molar-refractivity contribution is 8.00. The molecule has 0 amide bonds. The largest absolute Gasteiger partial charge is 0.457 e. The third-order valence-corrected chi connectivity index (χ3v) is 7.34. The summed E-state index contributed by atoms with van der Waals surface area (Å²) in [6.45, 7) is 8.53. The van der Waals surface area contributed by atoms with E-state index in [4.69, 9.17) is 16.2 Å². The van der Waals surface area contributed by atoms with Crippen LogP contribution in [0.25, 0.3) is 0 Å². The minimum Gasteiger partial charge on any atom is -0.457 e. The van der Waals surface area contributed by atoms with E-state index in [9.17, 15) is 0 Å². The fourth-order valence-corrected chi connectivity index (χ4v) is 5.74. The van der Waals surface area contributed by atoms with Crippen molar-refractivity contribution in [2.24, 2.45) is 0 Å². The summed E-state index contributed by atoms with van der Waals surface area (Å²) in [6, 6.07) is 8.16. The lowest BCUT2D eigenvalue weighted by Crippen LogP contribution is -1.97. The summed E-state index contributed by atoms with van der Waals surface area (Å²) in [5.41, 5.74) is 14.4. The summed E-state index contributed by atoms with van der Waals surface area (Å²) in [7, 11) is 0. The van der Waals surface area contributed by atoms with Gasteiger partial charge in [-0.1, -0.05) is 27.7 Å². The third-order valence-electron chi connectivity index (χ3n) is 3.59. The fourth-order valence-electron chi connectivity index (χ4n) is 2.51. The summed E-state index contributed by atoms with van der Waals surface area (Å²) in [6.07, 6.45) is 0. The SMILES string of the molecule is CCSc1cc(Oc2cc(SCC)c(N)c(SCC)c2)cc(SCC)c1N. The molecule has 2 rings (SSSR count). The maximum absolute atomic E-state index is 6.34. The van der Waals surface area contributed by atoms with Crippen LogP contribution in [0, 0.1) is 0 Å². The van der Waals surface area contributed by atoms with Gasteiger partial charge in [0.25, 0.3) is 0 Å². The van der Waals surface area contributed by atoms with Gasteiger partial charge in [0.1, 0.15) is 11.5 Å². The zero-order chi connectivity index (χ0) is 19.8. The number of benzene rings is 2. The number of nitrogen functional groups attached to an aromatic ring is 2. The summed E-state index contributed by atoms with van der Waals surface area (Å²) >= 11 is 6.98. The van der Waals surface area contributed by atoms with E-state index in [1.807, 2.05) is 24.3 Å². The van der Waals surface area contributed by atoms with Crippen molar-refractivity contribution in [3.8, 4) is 11.5 Å². The lowest BCUT2D eigenvalue weighted by atomic mass is 10.3. The number of nitrogens with two attached hydrogens (primary N) is 2. The number of ether oxygens (including phenoxy) is 1. The molecule has 0 aliphatic carbocycles. The smallest absolute Gasteiger partial charge is 0.129 e. The van der Waals surface area contributed by atoms with Gasteiger partial charge in [0.05, 0.1) is 11.4 Å². The molecular formula is C20H28N2OS4. The van der Waals surface area contributed by atoms with Gasteiger partial charge in [-0.15, -0.1) is 47.0 Å². The van der Waals surface area contributed by atoms with Gasteiger partial charge in [-0.25, -0.2) is 0 Å². The molecule has 0 unspecified atom stereocenters. The minimum absolute atomic E-state index is 0.820. The second-order valence-corrected chi connectivity index (χ2v) is 10.7. The van der Waals surface area contributed by atoms with Crippen LogP contribution in [0.5, 0.6) is 11.5 Å².